The number of aliphatic hydroxyl groups is 1. The molecule has 6 heteroatoms. The van der Waals surface area contributed by atoms with E-state index in [4.69, 9.17) is 21.1 Å². The normalized spacial score (nSPS) is 25.3. The molecule has 1 aliphatic heterocycles. The molecular weight excluding hydrogens is 366 g/mol. The van der Waals surface area contributed by atoms with E-state index in [9.17, 15) is 9.90 Å². The fourth-order valence-corrected chi connectivity index (χ4v) is 3.77. The Morgan fingerprint density at radius 2 is 2.07 bits per heavy atom. The van der Waals surface area contributed by atoms with Crippen molar-refractivity contribution in [3.8, 4) is 0 Å². The van der Waals surface area contributed by atoms with Gasteiger partial charge in [0, 0.05) is 36.1 Å². The highest BCUT2D eigenvalue weighted by Crippen LogP contribution is 2.39. The summed E-state index contributed by atoms with van der Waals surface area (Å²) in [5, 5.41) is 13.0. The Kier molecular flexibility index (Phi) is 7.16. The third-order valence-corrected chi connectivity index (χ3v) is 5.58. The molecular formula is C21H28ClNO4. The van der Waals surface area contributed by atoms with E-state index in [2.05, 4.69) is 5.32 Å². The first-order valence-electron chi connectivity index (χ1n) is 9.79. The van der Waals surface area contributed by atoms with Gasteiger partial charge in [-0.15, -0.1) is 0 Å². The van der Waals surface area contributed by atoms with Crippen LogP contribution >= 0.6 is 11.6 Å². The number of benzene rings is 1. The van der Waals surface area contributed by atoms with E-state index in [-0.39, 0.29) is 30.4 Å². The Morgan fingerprint density at radius 3 is 2.67 bits per heavy atom. The molecule has 3 rings (SSSR count). The maximum atomic E-state index is 12.7. The van der Waals surface area contributed by atoms with Crippen LogP contribution in [0.2, 0.25) is 5.02 Å². The predicted molar refractivity (Wildman–Crippen MR) is 104 cm³/mol. The molecule has 148 valence electrons. The van der Waals surface area contributed by atoms with Gasteiger partial charge in [0.05, 0.1) is 0 Å². The lowest BCUT2D eigenvalue weighted by atomic mass is 9.80. The summed E-state index contributed by atoms with van der Waals surface area (Å²) in [4.78, 5) is 12.7. The largest absolute Gasteiger partial charge is 0.459 e. The quantitative estimate of drug-likeness (QED) is 0.705. The minimum absolute atomic E-state index is 0.0125. The van der Waals surface area contributed by atoms with Crippen LogP contribution in [-0.2, 0) is 14.3 Å². The highest BCUT2D eigenvalue weighted by atomic mass is 35.5. The highest BCUT2D eigenvalue weighted by Gasteiger charge is 2.38. The van der Waals surface area contributed by atoms with Crippen LogP contribution in [0.15, 0.2) is 36.1 Å². The molecule has 0 saturated heterocycles. The van der Waals surface area contributed by atoms with E-state index in [1.807, 2.05) is 37.3 Å². The maximum Gasteiger partial charge on any atom is 0.286 e. The van der Waals surface area contributed by atoms with Gasteiger partial charge in [0.15, 0.2) is 5.76 Å². The summed E-state index contributed by atoms with van der Waals surface area (Å²) in [6, 6.07) is 7.91. The van der Waals surface area contributed by atoms with E-state index in [0.717, 1.165) is 31.2 Å². The molecule has 0 aromatic heterocycles. The number of ether oxygens (including phenoxy) is 2. The van der Waals surface area contributed by atoms with E-state index in [1.54, 1.807) is 0 Å². The number of carbonyl (C=O) groups excluding carboxylic acids is 1. The molecule has 0 spiro atoms. The Bertz CT molecular complexity index is 657. The van der Waals surface area contributed by atoms with Crippen LogP contribution in [0, 0.1) is 5.92 Å². The zero-order valence-electron chi connectivity index (χ0n) is 15.7. The fraction of sp³-hybridized carbons (Fsp3) is 0.571. The molecule has 2 N–H and O–H groups in total. The minimum Gasteiger partial charge on any atom is -0.459 e. The van der Waals surface area contributed by atoms with Gasteiger partial charge in [-0.25, -0.2) is 0 Å². The number of hydrogen-bond donors (Lipinski definition) is 2. The van der Waals surface area contributed by atoms with Crippen molar-refractivity contribution in [1.29, 1.82) is 0 Å². The molecule has 27 heavy (non-hydrogen) atoms. The van der Waals surface area contributed by atoms with Crippen LogP contribution in [0.1, 0.15) is 50.5 Å². The zero-order chi connectivity index (χ0) is 19.2. The van der Waals surface area contributed by atoms with Crippen molar-refractivity contribution in [3.05, 3.63) is 46.7 Å². The van der Waals surface area contributed by atoms with E-state index >= 15 is 0 Å². The molecule has 1 amide bonds. The number of nitrogens with one attached hydrogen (secondary N) is 1. The van der Waals surface area contributed by atoms with Crippen molar-refractivity contribution in [2.24, 2.45) is 5.92 Å². The van der Waals surface area contributed by atoms with Gasteiger partial charge in [-0.2, -0.15) is 0 Å². The van der Waals surface area contributed by atoms with E-state index in [1.165, 1.54) is 0 Å². The number of halogens is 1. The van der Waals surface area contributed by atoms with Crippen LogP contribution in [-0.4, -0.2) is 36.6 Å². The van der Waals surface area contributed by atoms with Gasteiger partial charge in [-0.05, 0) is 62.8 Å². The summed E-state index contributed by atoms with van der Waals surface area (Å²) in [7, 11) is 0. The lowest BCUT2D eigenvalue weighted by Gasteiger charge is -2.37. The molecule has 1 heterocycles. The van der Waals surface area contributed by atoms with Gasteiger partial charge in [0.2, 0.25) is 6.29 Å². The third-order valence-electron chi connectivity index (χ3n) is 5.33. The van der Waals surface area contributed by atoms with Crippen molar-refractivity contribution < 1.29 is 19.4 Å². The summed E-state index contributed by atoms with van der Waals surface area (Å²) in [5.41, 5.74) is 1.06. The maximum absolute atomic E-state index is 12.7. The molecule has 0 bridgehead atoms. The molecule has 1 aliphatic carbocycles. The lowest BCUT2D eigenvalue weighted by Crippen LogP contribution is -2.43. The third kappa shape index (κ3) is 5.03. The van der Waals surface area contributed by atoms with E-state index < -0.39 is 6.29 Å². The van der Waals surface area contributed by atoms with Crippen LogP contribution in [0.25, 0.3) is 0 Å². The summed E-state index contributed by atoms with van der Waals surface area (Å²) < 4.78 is 11.8. The van der Waals surface area contributed by atoms with Crippen molar-refractivity contribution in [1.82, 2.24) is 5.32 Å². The molecule has 1 fully saturated rings. The van der Waals surface area contributed by atoms with Gasteiger partial charge < -0.3 is 19.9 Å². The van der Waals surface area contributed by atoms with Crippen molar-refractivity contribution >= 4 is 17.5 Å². The first-order chi connectivity index (χ1) is 13.1. The van der Waals surface area contributed by atoms with E-state index in [0.29, 0.717) is 23.8 Å². The summed E-state index contributed by atoms with van der Waals surface area (Å²) in [6.07, 6.45) is 5.97. The lowest BCUT2D eigenvalue weighted by molar-refractivity contribution is -0.167. The second-order valence-electron chi connectivity index (χ2n) is 7.18. The Balaban J connectivity index is 1.88. The average Bonchev–Trinajstić information content (AvgIpc) is 2.64. The fourth-order valence-electron chi connectivity index (χ4n) is 3.64. The molecule has 2 aliphatic rings. The van der Waals surface area contributed by atoms with Crippen LogP contribution in [0.4, 0.5) is 0 Å². The molecule has 0 radical (unpaired) electrons. The Labute approximate surface area is 165 Å². The smallest absolute Gasteiger partial charge is 0.286 e. The zero-order valence-corrected chi connectivity index (χ0v) is 16.5. The standard InChI is InChI=1S/C21H28ClNO4/c1-2-26-21-17(7-4-12-24)18(14-8-10-15(22)11-9-14)13-19(27-21)20(25)23-16-5-3-6-16/h8-11,13,16-18,21,24H,2-7,12H2,1H3,(H,23,25)/t17-,18+,21+/m1/s1. The number of allylic oxidation sites excluding steroid dienone is 1. The Morgan fingerprint density at radius 1 is 1.33 bits per heavy atom. The molecule has 1 saturated carbocycles. The number of rotatable bonds is 8. The summed E-state index contributed by atoms with van der Waals surface area (Å²) >= 11 is 6.05. The second-order valence-corrected chi connectivity index (χ2v) is 7.62. The molecule has 1 aromatic rings. The SMILES string of the molecule is CCO[C@H]1OC(C(=O)NC2CCC2)=C[C@@H](c2ccc(Cl)cc2)[C@H]1CCCO. The van der Waals surface area contributed by atoms with Gasteiger partial charge in [0.1, 0.15) is 0 Å². The van der Waals surface area contributed by atoms with Crippen molar-refractivity contribution in [2.45, 2.75) is 57.3 Å². The van der Waals surface area contributed by atoms with Gasteiger partial charge in [0.25, 0.3) is 5.91 Å². The van der Waals surface area contributed by atoms with Crippen LogP contribution in [0.3, 0.4) is 0 Å². The van der Waals surface area contributed by atoms with Crippen molar-refractivity contribution in [2.75, 3.05) is 13.2 Å². The molecule has 5 nitrogen and oxygen atoms in total. The van der Waals surface area contributed by atoms with Gasteiger partial charge in [-0.1, -0.05) is 23.7 Å². The molecule has 1 aromatic carbocycles. The predicted octanol–water partition coefficient (Wildman–Crippen LogP) is 3.76. The van der Waals surface area contributed by atoms with Crippen molar-refractivity contribution in [3.63, 3.8) is 0 Å². The minimum atomic E-state index is -0.519. The van der Waals surface area contributed by atoms with Gasteiger partial charge in [-0.3, -0.25) is 4.79 Å². The Hall–Kier alpha value is -1.56. The second kappa shape index (κ2) is 9.58. The highest BCUT2D eigenvalue weighted by molar-refractivity contribution is 6.30. The van der Waals surface area contributed by atoms with Gasteiger partial charge >= 0.3 is 0 Å². The molecule has 3 atom stereocenters. The average molecular weight is 394 g/mol. The number of amides is 1. The number of carbonyl (C=O) groups is 1. The number of hydrogen-bond acceptors (Lipinski definition) is 4. The summed E-state index contributed by atoms with van der Waals surface area (Å²) in [5.74, 6) is 0.115. The number of aliphatic hydroxyl groups excluding tert-OH is 1. The molecule has 0 unspecified atom stereocenters. The topological polar surface area (TPSA) is 67.8 Å². The van der Waals surface area contributed by atoms with Crippen LogP contribution < -0.4 is 5.32 Å². The first-order valence-corrected chi connectivity index (χ1v) is 10.2. The monoisotopic (exact) mass is 393 g/mol. The van der Waals surface area contributed by atoms with Crippen LogP contribution in [0.5, 0.6) is 0 Å². The summed E-state index contributed by atoms with van der Waals surface area (Å²) in [6.45, 7) is 2.52. The first kappa shape index (κ1) is 20.2.